The van der Waals surface area contributed by atoms with Crippen LogP contribution in [0.15, 0.2) is 34.9 Å². The second kappa shape index (κ2) is 4.35. The Labute approximate surface area is 101 Å². The summed E-state index contributed by atoms with van der Waals surface area (Å²) < 4.78 is 15.6. The highest BCUT2D eigenvalue weighted by Gasteiger charge is 2.16. The Morgan fingerprint density at radius 2 is 2.25 bits per heavy atom. The number of benzene rings is 1. The average Bonchev–Trinajstić information content (AvgIpc) is 2.58. The molecule has 2 N–H and O–H groups in total. The highest BCUT2D eigenvalue weighted by molar-refractivity contribution is 9.10. The molecule has 0 spiro atoms. The molecule has 2 aromatic rings. The van der Waals surface area contributed by atoms with Crippen LogP contribution in [0.4, 0.5) is 4.39 Å². The molecule has 2 rings (SSSR count). The lowest BCUT2D eigenvalue weighted by Crippen LogP contribution is -2.16. The molecule has 0 saturated carbocycles. The monoisotopic (exact) mass is 283 g/mol. The molecule has 1 atom stereocenters. The van der Waals surface area contributed by atoms with Gasteiger partial charge in [0.25, 0.3) is 0 Å². The number of aromatic nitrogens is 2. The van der Waals surface area contributed by atoms with Gasteiger partial charge in [0.2, 0.25) is 0 Å². The number of hydrogen-bond acceptors (Lipinski definition) is 2. The molecule has 0 aliphatic carbocycles. The maximum atomic E-state index is 13.1. The van der Waals surface area contributed by atoms with E-state index in [4.69, 9.17) is 5.73 Å². The summed E-state index contributed by atoms with van der Waals surface area (Å²) in [5, 5.41) is 4.08. The lowest BCUT2D eigenvalue weighted by molar-refractivity contribution is 0.619. The fourth-order valence-corrected chi connectivity index (χ4v) is 2.22. The van der Waals surface area contributed by atoms with Crippen LogP contribution in [0.2, 0.25) is 0 Å². The summed E-state index contributed by atoms with van der Waals surface area (Å²) in [6.07, 6.45) is 1.68. The van der Waals surface area contributed by atoms with E-state index in [0.717, 1.165) is 15.7 Å². The summed E-state index contributed by atoms with van der Waals surface area (Å²) in [6.45, 7) is 0. The number of aryl methyl sites for hydroxylation is 1. The van der Waals surface area contributed by atoms with Crippen LogP contribution < -0.4 is 5.73 Å². The lowest BCUT2D eigenvalue weighted by Gasteiger charge is -2.13. The maximum absolute atomic E-state index is 13.1. The van der Waals surface area contributed by atoms with Gasteiger partial charge in [-0.2, -0.15) is 5.10 Å². The van der Waals surface area contributed by atoms with E-state index in [2.05, 4.69) is 21.0 Å². The van der Waals surface area contributed by atoms with E-state index in [9.17, 15) is 4.39 Å². The van der Waals surface area contributed by atoms with Crippen molar-refractivity contribution in [1.82, 2.24) is 9.78 Å². The first-order valence-electron chi connectivity index (χ1n) is 4.78. The van der Waals surface area contributed by atoms with E-state index in [1.165, 1.54) is 12.1 Å². The van der Waals surface area contributed by atoms with Crippen LogP contribution in [0.3, 0.4) is 0 Å². The molecule has 1 unspecified atom stereocenters. The summed E-state index contributed by atoms with van der Waals surface area (Å²) in [4.78, 5) is 0. The molecule has 0 aliphatic rings. The minimum absolute atomic E-state index is 0.286. The summed E-state index contributed by atoms with van der Waals surface area (Å²) in [5.74, 6) is -0.286. The van der Waals surface area contributed by atoms with Crippen molar-refractivity contribution in [2.75, 3.05) is 0 Å². The predicted octanol–water partition coefficient (Wildman–Crippen LogP) is 2.37. The Morgan fingerprint density at radius 1 is 1.50 bits per heavy atom. The Morgan fingerprint density at radius 3 is 2.81 bits per heavy atom. The van der Waals surface area contributed by atoms with E-state index < -0.39 is 6.04 Å². The molecule has 0 aliphatic heterocycles. The standard InChI is InChI=1S/C11H11BrFN3/c1-16-11(9(12)6-15-16)10(14)7-3-2-4-8(13)5-7/h2-6,10H,14H2,1H3. The van der Waals surface area contributed by atoms with Crippen molar-refractivity contribution < 1.29 is 4.39 Å². The van der Waals surface area contributed by atoms with Crippen molar-refractivity contribution in [3.8, 4) is 0 Å². The number of hydrogen-bond donors (Lipinski definition) is 1. The van der Waals surface area contributed by atoms with Crippen LogP contribution in [-0.4, -0.2) is 9.78 Å². The molecule has 16 heavy (non-hydrogen) atoms. The van der Waals surface area contributed by atoms with E-state index in [0.29, 0.717) is 0 Å². The van der Waals surface area contributed by atoms with Crippen molar-refractivity contribution in [2.24, 2.45) is 12.8 Å². The Balaban J connectivity index is 2.43. The van der Waals surface area contributed by atoms with Gasteiger partial charge in [-0.3, -0.25) is 4.68 Å². The highest BCUT2D eigenvalue weighted by Crippen LogP contribution is 2.26. The molecule has 3 nitrogen and oxygen atoms in total. The third-order valence-electron chi connectivity index (χ3n) is 2.44. The van der Waals surface area contributed by atoms with Gasteiger partial charge in [0.1, 0.15) is 5.82 Å². The molecular formula is C11H11BrFN3. The summed E-state index contributed by atoms with van der Waals surface area (Å²) >= 11 is 3.38. The number of nitrogens with zero attached hydrogens (tertiary/aromatic N) is 2. The molecule has 0 fully saturated rings. The number of nitrogens with two attached hydrogens (primary N) is 1. The first-order valence-corrected chi connectivity index (χ1v) is 5.57. The zero-order valence-electron chi connectivity index (χ0n) is 8.69. The molecular weight excluding hydrogens is 273 g/mol. The Bertz CT molecular complexity index is 490. The normalized spacial score (nSPS) is 12.8. The van der Waals surface area contributed by atoms with Crippen molar-refractivity contribution in [3.63, 3.8) is 0 Å². The molecule has 0 saturated heterocycles. The van der Waals surface area contributed by atoms with Crippen molar-refractivity contribution >= 4 is 15.9 Å². The smallest absolute Gasteiger partial charge is 0.123 e. The molecule has 0 radical (unpaired) electrons. The van der Waals surface area contributed by atoms with Gasteiger partial charge in [-0.15, -0.1) is 0 Å². The van der Waals surface area contributed by atoms with Gasteiger partial charge in [0.15, 0.2) is 0 Å². The molecule has 1 heterocycles. The number of halogens is 2. The minimum Gasteiger partial charge on any atom is -0.319 e. The fraction of sp³-hybridized carbons (Fsp3) is 0.182. The lowest BCUT2D eigenvalue weighted by atomic mass is 10.0. The zero-order valence-corrected chi connectivity index (χ0v) is 10.3. The third kappa shape index (κ3) is 2.01. The first-order chi connectivity index (χ1) is 7.59. The molecule has 5 heteroatoms. The van der Waals surface area contributed by atoms with E-state index in [-0.39, 0.29) is 5.82 Å². The topological polar surface area (TPSA) is 43.8 Å². The second-order valence-corrected chi connectivity index (χ2v) is 4.39. The Hall–Kier alpha value is -1.20. The summed E-state index contributed by atoms with van der Waals surface area (Å²) in [6, 6.07) is 5.89. The van der Waals surface area contributed by atoms with Crippen molar-refractivity contribution in [2.45, 2.75) is 6.04 Å². The van der Waals surface area contributed by atoms with Crippen LogP contribution in [-0.2, 0) is 7.05 Å². The molecule has 1 aromatic carbocycles. The van der Waals surface area contributed by atoms with Crippen molar-refractivity contribution in [3.05, 3.63) is 52.0 Å². The maximum Gasteiger partial charge on any atom is 0.123 e. The highest BCUT2D eigenvalue weighted by atomic mass is 79.9. The van der Waals surface area contributed by atoms with Gasteiger partial charge >= 0.3 is 0 Å². The van der Waals surface area contributed by atoms with Gasteiger partial charge in [0, 0.05) is 7.05 Å². The zero-order chi connectivity index (χ0) is 11.7. The molecule has 0 bridgehead atoms. The predicted molar refractivity (Wildman–Crippen MR) is 63.3 cm³/mol. The quantitative estimate of drug-likeness (QED) is 0.920. The largest absolute Gasteiger partial charge is 0.319 e. The van der Waals surface area contributed by atoms with Crippen LogP contribution in [0.1, 0.15) is 17.3 Å². The molecule has 1 aromatic heterocycles. The van der Waals surface area contributed by atoms with Crippen molar-refractivity contribution in [1.29, 1.82) is 0 Å². The van der Waals surface area contributed by atoms with E-state index in [1.807, 2.05) is 0 Å². The van der Waals surface area contributed by atoms with Crippen LogP contribution >= 0.6 is 15.9 Å². The van der Waals surface area contributed by atoms with Gasteiger partial charge in [0.05, 0.1) is 22.4 Å². The van der Waals surface area contributed by atoms with Gasteiger partial charge < -0.3 is 5.73 Å². The second-order valence-electron chi connectivity index (χ2n) is 3.53. The minimum atomic E-state index is -0.391. The van der Waals surface area contributed by atoms with Gasteiger partial charge in [-0.25, -0.2) is 4.39 Å². The Kier molecular flexibility index (Phi) is 3.07. The summed E-state index contributed by atoms with van der Waals surface area (Å²) in [5.41, 5.74) is 7.62. The first kappa shape index (κ1) is 11.3. The van der Waals surface area contributed by atoms with Gasteiger partial charge in [-0.1, -0.05) is 12.1 Å². The fourth-order valence-electron chi connectivity index (χ4n) is 1.63. The van der Waals surface area contributed by atoms with Gasteiger partial charge in [-0.05, 0) is 33.6 Å². The van der Waals surface area contributed by atoms with E-state index >= 15 is 0 Å². The molecule has 0 amide bonds. The average molecular weight is 284 g/mol. The van der Waals surface area contributed by atoms with Crippen LogP contribution in [0, 0.1) is 5.82 Å². The van der Waals surface area contributed by atoms with Crippen LogP contribution in [0.25, 0.3) is 0 Å². The van der Waals surface area contributed by atoms with Crippen LogP contribution in [0.5, 0.6) is 0 Å². The SMILES string of the molecule is Cn1ncc(Br)c1C(N)c1cccc(F)c1. The van der Waals surface area contributed by atoms with E-state index in [1.54, 1.807) is 30.1 Å². The third-order valence-corrected chi connectivity index (χ3v) is 3.05. The summed E-state index contributed by atoms with van der Waals surface area (Å²) in [7, 11) is 1.80. The number of rotatable bonds is 2. The molecule has 84 valence electrons.